The number of benzene rings is 1. The molecule has 4 atom stereocenters. The minimum Gasteiger partial charge on any atom is -0.424 e. The Bertz CT molecular complexity index is 1220. The van der Waals surface area contributed by atoms with E-state index in [1.807, 2.05) is 0 Å². The maximum atomic E-state index is 13.3. The number of rotatable bonds is 5. The zero-order chi connectivity index (χ0) is 25.8. The number of ether oxygens (including phenoxy) is 1. The van der Waals surface area contributed by atoms with E-state index in [1.54, 1.807) is 11.8 Å². The van der Waals surface area contributed by atoms with Gasteiger partial charge in [0.25, 0.3) is 0 Å². The summed E-state index contributed by atoms with van der Waals surface area (Å²) in [5.74, 6) is 0.328. The fraction of sp³-hybridized carbons (Fsp3) is 0.524. The Labute approximate surface area is 200 Å². The molecule has 194 valence electrons. The number of alkyl halides is 6. The lowest BCUT2D eigenvalue weighted by molar-refractivity contribution is -0.143. The Morgan fingerprint density at radius 1 is 1.08 bits per heavy atom. The first-order valence-electron chi connectivity index (χ1n) is 11.1. The third-order valence-electron chi connectivity index (χ3n) is 6.48. The van der Waals surface area contributed by atoms with Crippen LogP contribution in [-0.2, 0) is 12.7 Å². The van der Waals surface area contributed by atoms with E-state index in [0.717, 1.165) is 37.1 Å². The zero-order valence-electron chi connectivity index (χ0n) is 18.8. The standard InChI is InChI=1S/C21H21F6N7O2/c1-10-30-31-17(35-10)16-14-7-2-11(15(14)28)8-33(16)18-29-19(34(32-18)9-20(22,23)24)36-13-5-3-12(4-6-13)21(25,26)27/h3-6,11,14-16H,2,7-9,28H2,1H3. The SMILES string of the molecule is Cc1nnc(C2C3CCC(CN2c2nc(Oc4ccc(C(F)(F)F)cc4)n(CC(F)(F)F)n2)C3N)o1. The molecule has 2 aromatic heterocycles. The molecule has 1 saturated carbocycles. The van der Waals surface area contributed by atoms with Crippen LogP contribution in [0.15, 0.2) is 28.7 Å². The summed E-state index contributed by atoms with van der Waals surface area (Å²) in [6, 6.07) is 2.28. The first kappa shape index (κ1) is 24.3. The normalized spacial score (nSPS) is 24.4. The Morgan fingerprint density at radius 3 is 2.42 bits per heavy atom. The van der Waals surface area contributed by atoms with Crippen molar-refractivity contribution in [2.75, 3.05) is 11.4 Å². The quantitative estimate of drug-likeness (QED) is 0.501. The van der Waals surface area contributed by atoms with E-state index in [9.17, 15) is 26.3 Å². The number of nitrogens with two attached hydrogens (primary N) is 1. The number of hydrogen-bond acceptors (Lipinski definition) is 8. The molecule has 1 saturated heterocycles. The third-order valence-corrected chi connectivity index (χ3v) is 6.48. The molecule has 15 heteroatoms. The molecular formula is C21H21F6N7O2. The number of hydrogen-bond donors (Lipinski definition) is 1. The van der Waals surface area contributed by atoms with Crippen LogP contribution >= 0.6 is 0 Å². The largest absolute Gasteiger partial charge is 0.424 e. The molecule has 2 fully saturated rings. The first-order valence-corrected chi connectivity index (χ1v) is 11.1. The summed E-state index contributed by atoms with van der Waals surface area (Å²) < 4.78 is 90.1. The van der Waals surface area contributed by atoms with Gasteiger partial charge < -0.3 is 19.8 Å². The third kappa shape index (κ3) is 4.70. The van der Waals surface area contributed by atoms with Crippen molar-refractivity contribution >= 4 is 5.95 Å². The number of piperidine rings is 1. The predicted octanol–water partition coefficient (Wildman–Crippen LogP) is 4.26. The lowest BCUT2D eigenvalue weighted by Gasteiger charge is -2.41. The summed E-state index contributed by atoms with van der Waals surface area (Å²) in [5, 5.41) is 12.0. The highest BCUT2D eigenvalue weighted by Gasteiger charge is 2.50. The Kier molecular flexibility index (Phi) is 5.84. The molecule has 2 aliphatic rings. The Balaban J connectivity index is 1.50. The van der Waals surface area contributed by atoms with Crippen molar-refractivity contribution in [2.45, 2.75) is 50.7 Å². The van der Waals surface area contributed by atoms with Crippen LogP contribution in [0.4, 0.5) is 32.3 Å². The summed E-state index contributed by atoms with van der Waals surface area (Å²) in [4.78, 5) is 5.88. The van der Waals surface area contributed by atoms with Gasteiger partial charge in [-0.2, -0.15) is 31.3 Å². The molecule has 0 radical (unpaired) electrons. The molecule has 4 unspecified atom stereocenters. The molecule has 2 N–H and O–H groups in total. The minimum atomic E-state index is -4.66. The summed E-state index contributed by atoms with van der Waals surface area (Å²) in [7, 11) is 0. The summed E-state index contributed by atoms with van der Waals surface area (Å²) >= 11 is 0. The van der Waals surface area contributed by atoms with Gasteiger partial charge >= 0.3 is 18.4 Å². The number of aryl methyl sites for hydroxylation is 1. The van der Waals surface area contributed by atoms with E-state index >= 15 is 0 Å². The highest BCUT2D eigenvalue weighted by Crippen LogP contribution is 2.48. The fourth-order valence-electron chi connectivity index (χ4n) is 4.88. The van der Waals surface area contributed by atoms with Crippen molar-refractivity contribution in [1.29, 1.82) is 0 Å². The average molecular weight is 517 g/mol. The predicted molar refractivity (Wildman–Crippen MR) is 111 cm³/mol. The van der Waals surface area contributed by atoms with Crippen molar-refractivity contribution in [3.63, 3.8) is 0 Å². The van der Waals surface area contributed by atoms with E-state index in [-0.39, 0.29) is 35.5 Å². The summed E-state index contributed by atoms with van der Waals surface area (Å²) in [6.45, 7) is 0.452. The maximum Gasteiger partial charge on any atom is 0.416 e. The van der Waals surface area contributed by atoms with Gasteiger partial charge in [-0.1, -0.05) is 0 Å². The second-order valence-electron chi connectivity index (χ2n) is 8.93. The van der Waals surface area contributed by atoms with Gasteiger partial charge in [-0.25, -0.2) is 4.68 Å². The average Bonchev–Trinajstić information content (AvgIpc) is 3.43. The highest BCUT2D eigenvalue weighted by molar-refractivity contribution is 5.38. The molecule has 1 aromatic carbocycles. The fourth-order valence-corrected chi connectivity index (χ4v) is 4.88. The van der Waals surface area contributed by atoms with E-state index in [2.05, 4.69) is 20.3 Å². The van der Waals surface area contributed by atoms with Crippen LogP contribution in [0.5, 0.6) is 11.8 Å². The van der Waals surface area contributed by atoms with Crippen molar-refractivity contribution in [1.82, 2.24) is 25.0 Å². The lowest BCUT2D eigenvalue weighted by Crippen LogP contribution is -2.51. The lowest BCUT2D eigenvalue weighted by atomic mass is 9.86. The van der Waals surface area contributed by atoms with Crippen molar-refractivity contribution in [2.24, 2.45) is 17.6 Å². The monoisotopic (exact) mass is 517 g/mol. The van der Waals surface area contributed by atoms with Gasteiger partial charge in [-0.3, -0.25) is 0 Å². The Morgan fingerprint density at radius 2 is 1.81 bits per heavy atom. The van der Waals surface area contributed by atoms with Crippen LogP contribution in [-0.4, -0.2) is 43.7 Å². The molecule has 3 aromatic rings. The second-order valence-corrected chi connectivity index (χ2v) is 8.93. The number of halogens is 6. The van der Waals surface area contributed by atoms with Gasteiger partial charge in [-0.05, 0) is 43.0 Å². The molecule has 9 nitrogen and oxygen atoms in total. The smallest absolute Gasteiger partial charge is 0.416 e. The van der Waals surface area contributed by atoms with Gasteiger partial charge in [0, 0.05) is 25.4 Å². The molecule has 1 aliphatic heterocycles. The van der Waals surface area contributed by atoms with E-state index in [0.29, 0.717) is 17.1 Å². The van der Waals surface area contributed by atoms with Gasteiger partial charge in [0.1, 0.15) is 18.3 Å². The molecular weight excluding hydrogens is 496 g/mol. The van der Waals surface area contributed by atoms with Crippen LogP contribution in [0.25, 0.3) is 0 Å². The molecule has 5 rings (SSSR count). The molecule has 0 spiro atoms. The molecule has 2 bridgehead atoms. The number of aromatic nitrogens is 5. The van der Waals surface area contributed by atoms with Gasteiger partial charge in [0.15, 0.2) is 0 Å². The minimum absolute atomic E-state index is 0.0594. The first-order chi connectivity index (χ1) is 16.9. The van der Waals surface area contributed by atoms with Crippen LogP contribution in [0, 0.1) is 18.8 Å². The van der Waals surface area contributed by atoms with E-state index < -0.39 is 36.5 Å². The number of fused-ring (bicyclic) bond motifs is 2. The molecule has 1 aliphatic carbocycles. The maximum absolute atomic E-state index is 13.3. The zero-order valence-corrected chi connectivity index (χ0v) is 18.8. The number of anilines is 1. The van der Waals surface area contributed by atoms with E-state index in [1.165, 1.54) is 0 Å². The van der Waals surface area contributed by atoms with Crippen LogP contribution in [0.3, 0.4) is 0 Å². The molecule has 36 heavy (non-hydrogen) atoms. The number of nitrogens with zero attached hydrogens (tertiary/aromatic N) is 6. The van der Waals surface area contributed by atoms with Crippen LogP contribution in [0.2, 0.25) is 0 Å². The van der Waals surface area contributed by atoms with Crippen molar-refractivity contribution < 1.29 is 35.5 Å². The van der Waals surface area contributed by atoms with Crippen molar-refractivity contribution in [3.05, 3.63) is 41.6 Å². The van der Waals surface area contributed by atoms with Gasteiger partial charge in [0.05, 0.1) is 5.56 Å². The highest BCUT2D eigenvalue weighted by atomic mass is 19.4. The molecule has 3 heterocycles. The van der Waals surface area contributed by atoms with Crippen LogP contribution in [0.1, 0.15) is 36.2 Å². The van der Waals surface area contributed by atoms with E-state index in [4.69, 9.17) is 14.9 Å². The topological polar surface area (TPSA) is 108 Å². The summed E-state index contributed by atoms with van der Waals surface area (Å²) in [6.07, 6.45) is -7.66. The summed E-state index contributed by atoms with van der Waals surface area (Å²) in [5.41, 5.74) is 5.48. The Hall–Kier alpha value is -3.36. The van der Waals surface area contributed by atoms with Gasteiger partial charge in [0.2, 0.25) is 17.7 Å². The van der Waals surface area contributed by atoms with Crippen LogP contribution < -0.4 is 15.4 Å². The van der Waals surface area contributed by atoms with Gasteiger partial charge in [-0.15, -0.1) is 15.3 Å². The van der Waals surface area contributed by atoms with Crippen molar-refractivity contribution in [3.8, 4) is 11.8 Å². The second kappa shape index (κ2) is 8.64. The molecule has 0 amide bonds.